The zero-order chi connectivity index (χ0) is 16.1. The van der Waals surface area contributed by atoms with Crippen LogP contribution in [0.15, 0.2) is 21.5 Å². The fraction of sp³-hybridized carbons (Fsp3) is 0.600. The number of halogens is 1. The zero-order valence-corrected chi connectivity index (χ0v) is 16.9. The molecule has 3 N–H and O–H groups in total. The van der Waals surface area contributed by atoms with Gasteiger partial charge in [0.25, 0.3) is 5.91 Å². The number of furan rings is 1. The molecule has 2 rings (SSSR count). The Labute approximate surface area is 158 Å². The summed E-state index contributed by atoms with van der Waals surface area (Å²) >= 11 is 2.03. The Morgan fingerprint density at radius 1 is 1.57 bits per heavy atom. The molecule has 0 bridgehead atoms. The fourth-order valence-electron chi connectivity index (χ4n) is 2.37. The number of amides is 1. The van der Waals surface area contributed by atoms with Gasteiger partial charge in [0.15, 0.2) is 11.7 Å². The van der Waals surface area contributed by atoms with Crippen molar-refractivity contribution in [1.82, 2.24) is 10.2 Å². The molecule has 0 spiro atoms. The quantitative estimate of drug-likeness (QED) is 0.416. The van der Waals surface area contributed by atoms with Crippen molar-refractivity contribution in [3.05, 3.63) is 23.7 Å². The number of nitrogens with zero attached hydrogens (tertiary/aromatic N) is 2. The maximum Gasteiger partial charge on any atom is 0.284 e. The van der Waals surface area contributed by atoms with Crippen LogP contribution in [0, 0.1) is 5.92 Å². The molecule has 1 amide bonds. The number of nitrogens with one attached hydrogen (secondary N) is 1. The summed E-state index contributed by atoms with van der Waals surface area (Å²) in [7, 11) is 1.78. The first-order valence-corrected chi connectivity index (χ1v) is 8.52. The topological polar surface area (TPSA) is 83.9 Å². The van der Waals surface area contributed by atoms with E-state index in [1.54, 1.807) is 19.2 Å². The van der Waals surface area contributed by atoms with Gasteiger partial charge in [-0.25, -0.2) is 0 Å². The van der Waals surface area contributed by atoms with E-state index in [2.05, 4.69) is 29.1 Å². The van der Waals surface area contributed by atoms with Gasteiger partial charge in [-0.3, -0.25) is 9.79 Å². The molecule has 1 aromatic rings. The highest BCUT2D eigenvalue weighted by Crippen LogP contribution is 2.24. The molecule has 1 saturated heterocycles. The Bertz CT molecular complexity index is 547. The highest BCUT2D eigenvalue weighted by molar-refractivity contribution is 14.0. The second kappa shape index (κ2) is 9.41. The van der Waals surface area contributed by atoms with Crippen LogP contribution in [0.5, 0.6) is 0 Å². The van der Waals surface area contributed by atoms with Gasteiger partial charge in [0.05, 0.1) is 6.54 Å². The standard InChI is InChI=1S/C15H24N4O2S.HI/c1-10(2)13-9-19(6-7-22-13)15(17-3)18-8-11-4-5-12(21-11)14(16)20;/h4-5,10,13H,6-9H2,1-3H3,(H2,16,20)(H,17,18);1H. The number of carbonyl (C=O) groups is 1. The van der Waals surface area contributed by atoms with Gasteiger partial charge < -0.3 is 20.4 Å². The number of primary amides is 1. The molecule has 23 heavy (non-hydrogen) atoms. The molecule has 1 unspecified atom stereocenters. The first-order chi connectivity index (χ1) is 10.5. The van der Waals surface area contributed by atoms with E-state index in [9.17, 15) is 4.79 Å². The molecule has 1 aliphatic rings. The minimum atomic E-state index is -0.552. The number of thioether (sulfide) groups is 1. The number of hydrogen-bond acceptors (Lipinski definition) is 4. The number of guanidine groups is 1. The maximum absolute atomic E-state index is 11.0. The van der Waals surface area contributed by atoms with E-state index in [4.69, 9.17) is 10.2 Å². The predicted molar refractivity (Wildman–Crippen MR) is 105 cm³/mol. The van der Waals surface area contributed by atoms with Crippen LogP contribution in [0.3, 0.4) is 0 Å². The normalized spacial score (nSPS) is 18.7. The molecule has 0 saturated carbocycles. The fourth-order valence-corrected chi connectivity index (χ4v) is 3.67. The first-order valence-electron chi connectivity index (χ1n) is 7.47. The van der Waals surface area contributed by atoms with Crippen LogP contribution in [-0.2, 0) is 6.54 Å². The maximum atomic E-state index is 11.0. The van der Waals surface area contributed by atoms with Crippen molar-refractivity contribution in [3.63, 3.8) is 0 Å². The van der Waals surface area contributed by atoms with Gasteiger partial charge in [0.2, 0.25) is 0 Å². The molecule has 1 fully saturated rings. The molecular formula is C15H25IN4O2S. The van der Waals surface area contributed by atoms with Gasteiger partial charge >= 0.3 is 0 Å². The van der Waals surface area contributed by atoms with Gasteiger partial charge in [-0.2, -0.15) is 11.8 Å². The van der Waals surface area contributed by atoms with Gasteiger partial charge in [-0.05, 0) is 18.1 Å². The molecule has 0 aromatic carbocycles. The van der Waals surface area contributed by atoms with E-state index in [-0.39, 0.29) is 29.7 Å². The molecule has 1 atom stereocenters. The van der Waals surface area contributed by atoms with Crippen LogP contribution < -0.4 is 11.1 Å². The Morgan fingerprint density at radius 2 is 2.30 bits per heavy atom. The van der Waals surface area contributed by atoms with E-state index in [1.165, 1.54) is 0 Å². The molecule has 6 nitrogen and oxygen atoms in total. The molecule has 0 aliphatic carbocycles. The minimum absolute atomic E-state index is 0. The van der Waals surface area contributed by atoms with E-state index in [0.717, 1.165) is 24.8 Å². The second-order valence-electron chi connectivity index (χ2n) is 5.63. The smallest absolute Gasteiger partial charge is 0.284 e. The number of nitrogens with two attached hydrogens (primary N) is 1. The minimum Gasteiger partial charge on any atom is -0.454 e. The van der Waals surface area contributed by atoms with E-state index in [1.807, 2.05) is 11.8 Å². The number of rotatable bonds is 4. The van der Waals surface area contributed by atoms with Crippen LogP contribution in [0.1, 0.15) is 30.2 Å². The summed E-state index contributed by atoms with van der Waals surface area (Å²) in [5.74, 6) is 2.92. The SMILES string of the molecule is CN=C(NCc1ccc(C(N)=O)o1)N1CCSC(C(C)C)C1.I. The van der Waals surface area contributed by atoms with Crippen molar-refractivity contribution >= 4 is 47.6 Å². The van der Waals surface area contributed by atoms with Crippen molar-refractivity contribution in [2.45, 2.75) is 25.6 Å². The summed E-state index contributed by atoms with van der Waals surface area (Å²) in [4.78, 5) is 17.7. The Hall–Kier alpha value is -0.900. The molecule has 0 radical (unpaired) electrons. The summed E-state index contributed by atoms with van der Waals surface area (Å²) in [6.07, 6.45) is 0. The lowest BCUT2D eigenvalue weighted by Gasteiger charge is -2.36. The van der Waals surface area contributed by atoms with Crippen LogP contribution in [-0.4, -0.2) is 47.9 Å². The van der Waals surface area contributed by atoms with Gasteiger partial charge in [0.1, 0.15) is 5.76 Å². The number of hydrogen-bond donors (Lipinski definition) is 2. The Balaban J connectivity index is 0.00000264. The lowest BCUT2D eigenvalue weighted by Crippen LogP contribution is -2.48. The monoisotopic (exact) mass is 452 g/mol. The predicted octanol–water partition coefficient (Wildman–Crippen LogP) is 2.15. The molecule has 130 valence electrons. The van der Waals surface area contributed by atoms with E-state index < -0.39 is 5.91 Å². The summed E-state index contributed by atoms with van der Waals surface area (Å²) in [6.45, 7) is 6.97. The van der Waals surface area contributed by atoms with Gasteiger partial charge in [0, 0.05) is 31.1 Å². The molecule has 2 heterocycles. The first kappa shape index (κ1) is 20.1. The lowest BCUT2D eigenvalue weighted by molar-refractivity contribution is 0.0972. The van der Waals surface area contributed by atoms with Crippen molar-refractivity contribution in [3.8, 4) is 0 Å². The van der Waals surface area contributed by atoms with E-state index in [0.29, 0.717) is 23.5 Å². The van der Waals surface area contributed by atoms with Crippen LogP contribution in [0.4, 0.5) is 0 Å². The largest absolute Gasteiger partial charge is 0.454 e. The van der Waals surface area contributed by atoms with Crippen molar-refractivity contribution in [2.24, 2.45) is 16.6 Å². The summed E-state index contributed by atoms with van der Waals surface area (Å²) in [6, 6.07) is 3.35. The van der Waals surface area contributed by atoms with Crippen LogP contribution in [0.2, 0.25) is 0 Å². The third-order valence-corrected chi connectivity index (χ3v) is 5.21. The summed E-state index contributed by atoms with van der Waals surface area (Å²) in [5.41, 5.74) is 5.18. The van der Waals surface area contributed by atoms with Crippen molar-refractivity contribution < 1.29 is 9.21 Å². The molecular weight excluding hydrogens is 427 g/mol. The average molecular weight is 452 g/mol. The number of aliphatic imine (C=N–C) groups is 1. The highest BCUT2D eigenvalue weighted by atomic mass is 127. The van der Waals surface area contributed by atoms with Gasteiger partial charge in [-0.1, -0.05) is 13.8 Å². The van der Waals surface area contributed by atoms with Crippen LogP contribution >= 0.6 is 35.7 Å². The second-order valence-corrected chi connectivity index (χ2v) is 6.98. The van der Waals surface area contributed by atoms with Crippen molar-refractivity contribution in [1.29, 1.82) is 0 Å². The molecule has 1 aliphatic heterocycles. The van der Waals surface area contributed by atoms with Gasteiger partial charge in [-0.15, -0.1) is 24.0 Å². The van der Waals surface area contributed by atoms with E-state index >= 15 is 0 Å². The highest BCUT2D eigenvalue weighted by Gasteiger charge is 2.24. The molecule has 1 aromatic heterocycles. The summed E-state index contributed by atoms with van der Waals surface area (Å²) in [5, 5.41) is 3.91. The third-order valence-electron chi connectivity index (χ3n) is 3.67. The Kier molecular flexibility index (Phi) is 8.24. The lowest BCUT2D eigenvalue weighted by atomic mass is 10.1. The van der Waals surface area contributed by atoms with Crippen LogP contribution in [0.25, 0.3) is 0 Å². The molecule has 8 heteroatoms. The average Bonchev–Trinajstić information content (AvgIpc) is 2.97. The number of carbonyl (C=O) groups excluding carboxylic acids is 1. The Morgan fingerprint density at radius 3 is 2.87 bits per heavy atom. The summed E-state index contributed by atoms with van der Waals surface area (Å²) < 4.78 is 5.37. The third kappa shape index (κ3) is 5.59. The van der Waals surface area contributed by atoms with Crippen molar-refractivity contribution in [2.75, 3.05) is 25.9 Å². The zero-order valence-electron chi connectivity index (χ0n) is 13.7.